The second kappa shape index (κ2) is 9.09. The topological polar surface area (TPSA) is 84.5 Å². The van der Waals surface area contributed by atoms with Crippen LogP contribution in [0.3, 0.4) is 0 Å². The zero-order chi connectivity index (χ0) is 20.1. The maximum atomic E-state index is 12.6. The standard InChI is InChI=1S/C20H24N2O4S2/c1-14(13-26-2)22-28(24,25)16-9-7-15(8-10-16)20(23)21-18-11-12-27-19-6-4-3-5-17(18)19/h3-10,14,18,22H,11-13H2,1-2H3,(H,21,23)/t14-,18+/m1/s1. The van der Waals surface area contributed by atoms with E-state index < -0.39 is 10.0 Å². The van der Waals surface area contributed by atoms with Gasteiger partial charge in [-0.05, 0) is 49.2 Å². The van der Waals surface area contributed by atoms with Gasteiger partial charge in [0.05, 0.1) is 17.5 Å². The number of amides is 1. The fourth-order valence-electron chi connectivity index (χ4n) is 3.14. The van der Waals surface area contributed by atoms with Crippen molar-refractivity contribution >= 4 is 27.7 Å². The Morgan fingerprint density at radius 1 is 1.21 bits per heavy atom. The molecule has 2 aromatic rings. The van der Waals surface area contributed by atoms with E-state index in [1.165, 1.54) is 36.3 Å². The van der Waals surface area contributed by atoms with Crippen molar-refractivity contribution < 1.29 is 17.9 Å². The summed E-state index contributed by atoms with van der Waals surface area (Å²) in [5.74, 6) is 0.737. The zero-order valence-corrected chi connectivity index (χ0v) is 17.5. The minimum Gasteiger partial charge on any atom is -0.383 e. The van der Waals surface area contributed by atoms with E-state index in [0.717, 1.165) is 17.7 Å². The highest BCUT2D eigenvalue weighted by molar-refractivity contribution is 7.99. The monoisotopic (exact) mass is 420 g/mol. The first-order valence-corrected chi connectivity index (χ1v) is 11.5. The number of hydrogen-bond acceptors (Lipinski definition) is 5. The predicted molar refractivity (Wildman–Crippen MR) is 110 cm³/mol. The van der Waals surface area contributed by atoms with E-state index in [1.54, 1.807) is 18.7 Å². The number of carbonyl (C=O) groups excluding carboxylic acids is 1. The van der Waals surface area contributed by atoms with Crippen LogP contribution in [0.4, 0.5) is 0 Å². The lowest BCUT2D eigenvalue weighted by molar-refractivity contribution is 0.0935. The van der Waals surface area contributed by atoms with Gasteiger partial charge in [0.2, 0.25) is 10.0 Å². The molecule has 150 valence electrons. The van der Waals surface area contributed by atoms with Gasteiger partial charge in [0.1, 0.15) is 0 Å². The van der Waals surface area contributed by atoms with E-state index in [2.05, 4.69) is 16.1 Å². The lowest BCUT2D eigenvalue weighted by Crippen LogP contribution is -2.35. The molecule has 8 heteroatoms. The number of sulfonamides is 1. The van der Waals surface area contributed by atoms with Gasteiger partial charge in [-0.3, -0.25) is 4.79 Å². The smallest absolute Gasteiger partial charge is 0.251 e. The highest BCUT2D eigenvalue weighted by atomic mass is 32.2. The van der Waals surface area contributed by atoms with E-state index >= 15 is 0 Å². The molecule has 1 heterocycles. The van der Waals surface area contributed by atoms with Crippen LogP contribution >= 0.6 is 11.8 Å². The average Bonchev–Trinajstić information content (AvgIpc) is 2.68. The van der Waals surface area contributed by atoms with Crippen molar-refractivity contribution in [2.75, 3.05) is 19.5 Å². The summed E-state index contributed by atoms with van der Waals surface area (Å²) in [6, 6.07) is 13.7. The normalized spacial score (nSPS) is 17.6. The Bertz CT molecular complexity index is 929. The van der Waals surface area contributed by atoms with Crippen molar-refractivity contribution in [2.24, 2.45) is 0 Å². The number of nitrogens with one attached hydrogen (secondary N) is 2. The number of rotatable bonds is 7. The summed E-state index contributed by atoms with van der Waals surface area (Å²) in [7, 11) is -2.14. The van der Waals surface area contributed by atoms with Crippen LogP contribution in [-0.2, 0) is 14.8 Å². The van der Waals surface area contributed by atoms with Crippen molar-refractivity contribution in [2.45, 2.75) is 35.2 Å². The van der Waals surface area contributed by atoms with Crippen molar-refractivity contribution in [1.82, 2.24) is 10.0 Å². The molecule has 2 N–H and O–H groups in total. The number of benzene rings is 2. The molecule has 28 heavy (non-hydrogen) atoms. The summed E-state index contributed by atoms with van der Waals surface area (Å²) in [5.41, 5.74) is 1.56. The van der Waals surface area contributed by atoms with Gasteiger partial charge in [0.25, 0.3) is 5.91 Å². The number of thioether (sulfide) groups is 1. The number of fused-ring (bicyclic) bond motifs is 1. The van der Waals surface area contributed by atoms with Crippen LogP contribution in [0.25, 0.3) is 0 Å². The summed E-state index contributed by atoms with van der Waals surface area (Å²) in [6.45, 7) is 2.00. The third-order valence-corrected chi connectivity index (χ3v) is 7.19. The van der Waals surface area contributed by atoms with Gasteiger partial charge >= 0.3 is 0 Å². The molecule has 0 aromatic heterocycles. The largest absolute Gasteiger partial charge is 0.383 e. The molecule has 1 amide bonds. The fraction of sp³-hybridized carbons (Fsp3) is 0.350. The minimum absolute atomic E-state index is 0.0371. The van der Waals surface area contributed by atoms with Crippen LogP contribution < -0.4 is 10.0 Å². The van der Waals surface area contributed by atoms with Crippen molar-refractivity contribution in [3.05, 3.63) is 59.7 Å². The van der Waals surface area contributed by atoms with Gasteiger partial charge in [0.15, 0.2) is 0 Å². The molecule has 0 aliphatic carbocycles. The summed E-state index contributed by atoms with van der Waals surface area (Å²) in [4.78, 5) is 14.0. The molecule has 0 radical (unpaired) electrons. The quantitative estimate of drug-likeness (QED) is 0.719. The van der Waals surface area contributed by atoms with Crippen LogP contribution in [0.2, 0.25) is 0 Å². The number of carbonyl (C=O) groups is 1. The van der Waals surface area contributed by atoms with E-state index in [9.17, 15) is 13.2 Å². The molecule has 2 atom stereocenters. The highest BCUT2D eigenvalue weighted by Crippen LogP contribution is 2.35. The van der Waals surface area contributed by atoms with Gasteiger partial charge < -0.3 is 10.1 Å². The lowest BCUT2D eigenvalue weighted by atomic mass is 10.0. The third kappa shape index (κ3) is 4.94. The van der Waals surface area contributed by atoms with Crippen LogP contribution in [0.15, 0.2) is 58.3 Å². The Morgan fingerprint density at radius 2 is 1.93 bits per heavy atom. The Labute approximate surface area is 170 Å². The zero-order valence-electron chi connectivity index (χ0n) is 15.8. The predicted octanol–water partition coefficient (Wildman–Crippen LogP) is 2.97. The van der Waals surface area contributed by atoms with Gasteiger partial charge in [-0.15, -0.1) is 11.8 Å². The summed E-state index contributed by atoms with van der Waals surface area (Å²) in [6.07, 6.45) is 0.862. The Hall–Kier alpha value is -1.87. The van der Waals surface area contributed by atoms with Crippen molar-refractivity contribution in [3.8, 4) is 0 Å². The van der Waals surface area contributed by atoms with E-state index in [0.29, 0.717) is 5.56 Å². The Balaban J connectivity index is 1.69. The van der Waals surface area contributed by atoms with Gasteiger partial charge in [-0.1, -0.05) is 18.2 Å². The van der Waals surface area contributed by atoms with Gasteiger partial charge in [0, 0.05) is 29.4 Å². The first kappa shape index (κ1) is 20.9. The number of methoxy groups -OCH3 is 1. The second-order valence-corrected chi connectivity index (χ2v) is 9.55. The summed E-state index contributed by atoms with van der Waals surface area (Å²) < 4.78 is 32.3. The lowest BCUT2D eigenvalue weighted by Gasteiger charge is -2.25. The van der Waals surface area contributed by atoms with E-state index in [4.69, 9.17) is 4.74 Å². The molecular weight excluding hydrogens is 396 g/mol. The van der Waals surface area contributed by atoms with Gasteiger partial charge in [-0.25, -0.2) is 13.1 Å². The molecule has 1 aliphatic rings. The molecule has 0 bridgehead atoms. The molecule has 0 spiro atoms. The number of ether oxygens (including phenoxy) is 1. The fourth-order valence-corrected chi connectivity index (χ4v) is 5.49. The van der Waals surface area contributed by atoms with Crippen LogP contribution in [0, 0.1) is 0 Å². The average molecular weight is 421 g/mol. The molecule has 0 saturated heterocycles. The Morgan fingerprint density at radius 3 is 2.64 bits per heavy atom. The molecule has 0 saturated carbocycles. The molecule has 2 aromatic carbocycles. The van der Waals surface area contributed by atoms with Crippen molar-refractivity contribution in [1.29, 1.82) is 0 Å². The highest BCUT2D eigenvalue weighted by Gasteiger charge is 2.23. The SMILES string of the molecule is COC[C@@H](C)NS(=O)(=O)c1ccc(C(=O)N[C@H]2CCSc3ccccc32)cc1. The van der Waals surface area contributed by atoms with Crippen LogP contribution in [-0.4, -0.2) is 39.8 Å². The van der Waals surface area contributed by atoms with Crippen LogP contribution in [0.1, 0.15) is 35.3 Å². The Kier molecular flexibility index (Phi) is 6.77. The van der Waals surface area contributed by atoms with E-state index in [-0.39, 0.29) is 29.5 Å². The molecule has 0 fully saturated rings. The maximum Gasteiger partial charge on any atom is 0.251 e. The van der Waals surface area contributed by atoms with E-state index in [1.807, 2.05) is 18.2 Å². The molecule has 3 rings (SSSR count). The third-order valence-electron chi connectivity index (χ3n) is 4.46. The molecule has 1 aliphatic heterocycles. The molecule has 6 nitrogen and oxygen atoms in total. The second-order valence-electron chi connectivity index (χ2n) is 6.70. The van der Waals surface area contributed by atoms with Gasteiger partial charge in [-0.2, -0.15) is 0 Å². The summed E-state index contributed by atoms with van der Waals surface area (Å²) in [5, 5.41) is 3.06. The molecule has 0 unspecified atom stereocenters. The number of hydrogen-bond donors (Lipinski definition) is 2. The minimum atomic E-state index is -3.66. The van der Waals surface area contributed by atoms with Crippen molar-refractivity contribution in [3.63, 3.8) is 0 Å². The first-order valence-electron chi connectivity index (χ1n) is 9.04. The maximum absolute atomic E-state index is 12.6. The first-order chi connectivity index (χ1) is 13.4. The summed E-state index contributed by atoms with van der Waals surface area (Å²) >= 11 is 1.79. The van der Waals surface area contributed by atoms with Crippen LogP contribution in [0.5, 0.6) is 0 Å². The molecular formula is C20H24N2O4S2.